The van der Waals surface area contributed by atoms with Gasteiger partial charge < -0.3 is 10.1 Å². The molecule has 0 heterocycles. The maximum atomic E-state index is 11.2. The SMILES string of the molecule is COC(=O)CNc1ccccc1Sc1ccccc1. The van der Waals surface area contributed by atoms with Crippen LogP contribution in [0.25, 0.3) is 0 Å². The summed E-state index contributed by atoms with van der Waals surface area (Å²) in [6.45, 7) is 0.170. The highest BCUT2D eigenvalue weighted by atomic mass is 32.2. The third-order valence-corrected chi connectivity index (χ3v) is 3.59. The Labute approximate surface area is 117 Å². The fraction of sp³-hybridized carbons (Fsp3) is 0.133. The van der Waals surface area contributed by atoms with Gasteiger partial charge >= 0.3 is 5.97 Å². The number of para-hydroxylation sites is 1. The highest BCUT2D eigenvalue weighted by Gasteiger charge is 2.05. The molecule has 4 heteroatoms. The quantitative estimate of drug-likeness (QED) is 0.847. The molecule has 0 spiro atoms. The second kappa shape index (κ2) is 6.85. The Morgan fingerprint density at radius 1 is 1.11 bits per heavy atom. The van der Waals surface area contributed by atoms with E-state index in [4.69, 9.17) is 0 Å². The van der Waals surface area contributed by atoms with Crippen LogP contribution in [0.4, 0.5) is 5.69 Å². The number of anilines is 1. The fourth-order valence-electron chi connectivity index (χ4n) is 1.56. The second-order valence-electron chi connectivity index (χ2n) is 3.84. The summed E-state index contributed by atoms with van der Waals surface area (Å²) in [5.74, 6) is -0.278. The summed E-state index contributed by atoms with van der Waals surface area (Å²) in [4.78, 5) is 13.4. The van der Waals surface area contributed by atoms with Gasteiger partial charge in [0.2, 0.25) is 0 Å². The van der Waals surface area contributed by atoms with Crippen LogP contribution in [0.2, 0.25) is 0 Å². The predicted molar refractivity (Wildman–Crippen MR) is 77.5 cm³/mol. The van der Waals surface area contributed by atoms with Crippen molar-refractivity contribution < 1.29 is 9.53 Å². The number of hydrogen-bond donors (Lipinski definition) is 1. The Bertz CT molecular complexity index is 543. The molecule has 0 aliphatic heterocycles. The van der Waals surface area contributed by atoms with Gasteiger partial charge in [-0.25, -0.2) is 0 Å². The maximum Gasteiger partial charge on any atom is 0.325 e. The zero-order valence-electron chi connectivity index (χ0n) is 10.6. The molecule has 0 atom stereocenters. The smallest absolute Gasteiger partial charge is 0.325 e. The van der Waals surface area contributed by atoms with Gasteiger partial charge in [0, 0.05) is 15.5 Å². The first kappa shape index (κ1) is 13.5. The molecule has 19 heavy (non-hydrogen) atoms. The molecule has 0 saturated carbocycles. The van der Waals surface area contributed by atoms with Crippen molar-refractivity contribution in [2.75, 3.05) is 19.0 Å². The number of carbonyl (C=O) groups is 1. The van der Waals surface area contributed by atoms with Crippen molar-refractivity contribution in [2.24, 2.45) is 0 Å². The summed E-state index contributed by atoms with van der Waals surface area (Å²) in [6.07, 6.45) is 0. The number of benzene rings is 2. The third kappa shape index (κ3) is 4.03. The van der Waals surface area contributed by atoms with Gasteiger partial charge in [0.05, 0.1) is 7.11 Å². The first-order valence-corrected chi connectivity index (χ1v) is 6.74. The van der Waals surface area contributed by atoms with E-state index in [1.165, 1.54) is 7.11 Å². The highest BCUT2D eigenvalue weighted by Crippen LogP contribution is 2.32. The number of nitrogens with one attached hydrogen (secondary N) is 1. The number of esters is 1. The fourth-order valence-corrected chi connectivity index (χ4v) is 2.50. The number of hydrogen-bond acceptors (Lipinski definition) is 4. The van der Waals surface area contributed by atoms with Gasteiger partial charge in [0.25, 0.3) is 0 Å². The van der Waals surface area contributed by atoms with E-state index in [1.807, 2.05) is 42.5 Å². The molecule has 0 fully saturated rings. The summed E-state index contributed by atoms with van der Waals surface area (Å²) in [5, 5.41) is 3.09. The molecule has 0 bridgehead atoms. The van der Waals surface area contributed by atoms with Crippen LogP contribution in [-0.4, -0.2) is 19.6 Å². The molecule has 2 rings (SSSR count). The lowest BCUT2D eigenvalue weighted by Crippen LogP contribution is -2.15. The van der Waals surface area contributed by atoms with Crippen LogP contribution in [0.1, 0.15) is 0 Å². The molecule has 0 aliphatic carbocycles. The van der Waals surface area contributed by atoms with E-state index in [9.17, 15) is 4.79 Å². The van der Waals surface area contributed by atoms with Crippen LogP contribution in [0.15, 0.2) is 64.4 Å². The monoisotopic (exact) mass is 273 g/mol. The molecule has 3 nitrogen and oxygen atoms in total. The zero-order chi connectivity index (χ0) is 13.5. The number of ether oxygens (including phenoxy) is 1. The normalized spacial score (nSPS) is 9.95. The first-order chi connectivity index (χ1) is 9.29. The van der Waals surface area contributed by atoms with Gasteiger partial charge in [-0.1, -0.05) is 42.1 Å². The average molecular weight is 273 g/mol. The molecule has 0 aromatic heterocycles. The summed E-state index contributed by atoms with van der Waals surface area (Å²) >= 11 is 1.66. The molecular formula is C15H15NO2S. The Balaban J connectivity index is 2.10. The van der Waals surface area contributed by atoms with Gasteiger partial charge in [0.1, 0.15) is 6.54 Å². The summed E-state index contributed by atoms with van der Waals surface area (Å²) < 4.78 is 4.62. The molecular weight excluding hydrogens is 258 g/mol. The van der Waals surface area contributed by atoms with Gasteiger partial charge in [-0.05, 0) is 24.3 Å². The third-order valence-electron chi connectivity index (χ3n) is 2.51. The van der Waals surface area contributed by atoms with Crippen LogP contribution < -0.4 is 5.32 Å². The van der Waals surface area contributed by atoms with E-state index in [0.29, 0.717) is 0 Å². The lowest BCUT2D eigenvalue weighted by Gasteiger charge is -2.10. The Hall–Kier alpha value is -1.94. The van der Waals surface area contributed by atoms with E-state index in [1.54, 1.807) is 11.8 Å². The molecule has 0 saturated heterocycles. The minimum Gasteiger partial charge on any atom is -0.468 e. The van der Waals surface area contributed by atoms with Crippen LogP contribution in [0, 0.1) is 0 Å². The van der Waals surface area contributed by atoms with Crippen LogP contribution in [-0.2, 0) is 9.53 Å². The van der Waals surface area contributed by atoms with Crippen molar-refractivity contribution in [2.45, 2.75) is 9.79 Å². The zero-order valence-corrected chi connectivity index (χ0v) is 11.4. The van der Waals surface area contributed by atoms with E-state index in [-0.39, 0.29) is 12.5 Å². The van der Waals surface area contributed by atoms with E-state index in [2.05, 4.69) is 22.2 Å². The van der Waals surface area contributed by atoms with Crippen molar-refractivity contribution in [3.8, 4) is 0 Å². The topological polar surface area (TPSA) is 38.3 Å². The summed E-state index contributed by atoms with van der Waals surface area (Å²) in [7, 11) is 1.38. The second-order valence-corrected chi connectivity index (χ2v) is 4.96. The molecule has 0 aliphatic rings. The molecule has 0 unspecified atom stereocenters. The van der Waals surface area contributed by atoms with E-state index >= 15 is 0 Å². The molecule has 98 valence electrons. The van der Waals surface area contributed by atoms with Crippen LogP contribution in [0.5, 0.6) is 0 Å². The molecule has 2 aromatic carbocycles. The Morgan fingerprint density at radius 2 is 1.79 bits per heavy atom. The summed E-state index contributed by atoms with van der Waals surface area (Å²) in [6, 6.07) is 18.0. The minimum absolute atomic E-state index is 0.170. The molecule has 0 amide bonds. The van der Waals surface area contributed by atoms with Gasteiger partial charge in [-0.3, -0.25) is 4.79 Å². The Kier molecular flexibility index (Phi) is 4.86. The average Bonchev–Trinajstić information content (AvgIpc) is 2.47. The maximum absolute atomic E-state index is 11.2. The largest absolute Gasteiger partial charge is 0.468 e. The summed E-state index contributed by atoms with van der Waals surface area (Å²) in [5.41, 5.74) is 0.932. The van der Waals surface area contributed by atoms with Crippen LogP contribution in [0.3, 0.4) is 0 Å². The minimum atomic E-state index is -0.278. The highest BCUT2D eigenvalue weighted by molar-refractivity contribution is 7.99. The number of rotatable bonds is 5. The van der Waals surface area contributed by atoms with Gasteiger partial charge in [-0.2, -0.15) is 0 Å². The predicted octanol–water partition coefficient (Wildman–Crippen LogP) is 3.42. The van der Waals surface area contributed by atoms with Crippen molar-refractivity contribution >= 4 is 23.4 Å². The van der Waals surface area contributed by atoms with Crippen molar-refractivity contribution in [3.63, 3.8) is 0 Å². The van der Waals surface area contributed by atoms with Crippen molar-refractivity contribution in [1.29, 1.82) is 0 Å². The van der Waals surface area contributed by atoms with Gasteiger partial charge in [0.15, 0.2) is 0 Å². The Morgan fingerprint density at radius 3 is 2.53 bits per heavy atom. The first-order valence-electron chi connectivity index (χ1n) is 5.92. The number of carbonyl (C=O) groups excluding carboxylic acids is 1. The lowest BCUT2D eigenvalue weighted by molar-refractivity contribution is -0.138. The van der Waals surface area contributed by atoms with E-state index < -0.39 is 0 Å². The van der Waals surface area contributed by atoms with Gasteiger partial charge in [-0.15, -0.1) is 0 Å². The molecule has 2 aromatic rings. The van der Waals surface area contributed by atoms with E-state index in [0.717, 1.165) is 15.5 Å². The standard InChI is InChI=1S/C15H15NO2S/c1-18-15(17)11-16-13-9-5-6-10-14(13)19-12-7-3-2-4-8-12/h2-10,16H,11H2,1H3. The van der Waals surface area contributed by atoms with Crippen molar-refractivity contribution in [1.82, 2.24) is 0 Å². The lowest BCUT2D eigenvalue weighted by atomic mass is 10.3. The van der Waals surface area contributed by atoms with Crippen molar-refractivity contribution in [3.05, 3.63) is 54.6 Å². The number of methoxy groups -OCH3 is 1. The molecule has 1 N–H and O–H groups in total. The van der Waals surface area contributed by atoms with Crippen LogP contribution >= 0.6 is 11.8 Å². The molecule has 0 radical (unpaired) electrons.